The molecule has 0 fully saturated rings. The van der Waals surface area contributed by atoms with Crippen molar-refractivity contribution in [1.82, 2.24) is 25.3 Å². The van der Waals surface area contributed by atoms with E-state index in [0.717, 1.165) is 72.9 Å². The summed E-state index contributed by atoms with van der Waals surface area (Å²) in [7, 11) is 0. The van der Waals surface area contributed by atoms with Crippen molar-refractivity contribution in [2.24, 2.45) is 0 Å². The van der Waals surface area contributed by atoms with Gasteiger partial charge in [0.15, 0.2) is 5.65 Å². The second-order valence-corrected chi connectivity index (χ2v) is 7.48. The van der Waals surface area contributed by atoms with E-state index in [-0.39, 0.29) is 7.43 Å². The molecule has 3 N–H and O–H groups in total. The number of rotatable bonds is 10. The Morgan fingerprint density at radius 3 is 2.80 bits per heavy atom. The Labute approximate surface area is 178 Å². The molecule has 1 aromatic carbocycles. The lowest BCUT2D eigenvalue weighted by molar-refractivity contribution is 0.129. The predicted octanol–water partition coefficient (Wildman–Crippen LogP) is 5.35. The predicted molar refractivity (Wildman–Crippen MR) is 125 cm³/mol. The Morgan fingerprint density at radius 2 is 1.93 bits per heavy atom. The highest BCUT2D eigenvalue weighted by molar-refractivity contribution is 5.94. The van der Waals surface area contributed by atoms with Crippen LogP contribution in [0.1, 0.15) is 45.0 Å². The number of hydrogen-bond acceptors (Lipinski definition) is 4. The van der Waals surface area contributed by atoms with Crippen LogP contribution >= 0.6 is 0 Å². The monoisotopic (exact) mass is 407 g/mol. The van der Waals surface area contributed by atoms with Gasteiger partial charge in [0.2, 0.25) is 0 Å². The molecular weight excluding hydrogens is 374 g/mol. The van der Waals surface area contributed by atoms with Crippen LogP contribution in [0.4, 0.5) is 0 Å². The van der Waals surface area contributed by atoms with Crippen molar-refractivity contribution in [2.75, 3.05) is 19.8 Å². The molecule has 0 amide bonds. The lowest BCUT2D eigenvalue weighted by atomic mass is 10.1. The SMILES string of the molecule is C.CCCCOCCCNCc1ccc2[nH]c(-c3ccnc4nc(C)[nH]c34)cc2c1. The Hall–Kier alpha value is -2.70. The molecule has 0 unspecified atom stereocenters. The Kier molecular flexibility index (Phi) is 7.60. The summed E-state index contributed by atoms with van der Waals surface area (Å²) in [6, 6.07) is 10.8. The van der Waals surface area contributed by atoms with Gasteiger partial charge in [0, 0.05) is 48.1 Å². The summed E-state index contributed by atoms with van der Waals surface area (Å²) in [4.78, 5) is 15.6. The normalized spacial score (nSPS) is 11.3. The number of aryl methyl sites for hydroxylation is 1. The van der Waals surface area contributed by atoms with Gasteiger partial charge in [-0.15, -0.1) is 0 Å². The van der Waals surface area contributed by atoms with E-state index in [1.807, 2.05) is 19.2 Å². The van der Waals surface area contributed by atoms with Crippen LogP contribution in [-0.4, -0.2) is 39.7 Å². The molecule has 0 aliphatic heterocycles. The van der Waals surface area contributed by atoms with E-state index in [0.29, 0.717) is 0 Å². The molecule has 0 atom stereocenters. The van der Waals surface area contributed by atoms with Crippen LogP contribution in [0.3, 0.4) is 0 Å². The largest absolute Gasteiger partial charge is 0.381 e. The number of nitrogens with zero attached hydrogens (tertiary/aromatic N) is 2. The smallest absolute Gasteiger partial charge is 0.178 e. The molecule has 0 saturated carbocycles. The van der Waals surface area contributed by atoms with Gasteiger partial charge in [-0.05, 0) is 56.1 Å². The summed E-state index contributed by atoms with van der Waals surface area (Å²) in [5, 5.41) is 4.72. The fraction of sp³-hybridized carbons (Fsp3) is 0.417. The van der Waals surface area contributed by atoms with Crippen molar-refractivity contribution in [3.05, 3.63) is 47.9 Å². The van der Waals surface area contributed by atoms with Gasteiger partial charge in [0.05, 0.1) is 5.52 Å². The third-order valence-electron chi connectivity index (χ3n) is 5.10. The second kappa shape index (κ2) is 10.4. The highest BCUT2D eigenvalue weighted by atomic mass is 16.5. The fourth-order valence-electron chi connectivity index (χ4n) is 3.57. The highest BCUT2D eigenvalue weighted by Gasteiger charge is 2.11. The van der Waals surface area contributed by atoms with Gasteiger partial charge < -0.3 is 20.0 Å². The standard InChI is InChI=1S/C23H29N5O.CH4/c1-3-4-11-29-12-5-9-24-15-17-6-7-20-18(13-17)14-21(28-20)19-8-10-25-23-22(19)26-16(2)27-23;/h6-8,10,13-14,24,28H,3-5,9,11-12,15H2,1-2H3,(H,25,26,27);1H4. The molecule has 3 heterocycles. The Balaban J connectivity index is 0.00000256. The third kappa shape index (κ3) is 5.07. The summed E-state index contributed by atoms with van der Waals surface area (Å²) in [6.07, 6.45) is 5.19. The number of imidazole rings is 1. The van der Waals surface area contributed by atoms with Crippen LogP contribution < -0.4 is 5.32 Å². The van der Waals surface area contributed by atoms with Crippen molar-refractivity contribution >= 4 is 22.1 Å². The molecule has 6 heteroatoms. The average Bonchev–Trinajstić information content (AvgIpc) is 3.31. The van der Waals surface area contributed by atoms with E-state index in [2.05, 4.69) is 56.4 Å². The molecule has 160 valence electrons. The molecule has 0 spiro atoms. The number of nitrogens with one attached hydrogen (secondary N) is 3. The number of fused-ring (bicyclic) bond motifs is 2. The van der Waals surface area contributed by atoms with Crippen molar-refractivity contribution in [1.29, 1.82) is 0 Å². The molecule has 0 radical (unpaired) electrons. The van der Waals surface area contributed by atoms with Crippen molar-refractivity contribution < 1.29 is 4.74 Å². The summed E-state index contributed by atoms with van der Waals surface area (Å²) in [6.45, 7) is 7.69. The quantitative estimate of drug-likeness (QED) is 0.310. The molecule has 0 aliphatic rings. The number of hydrogen-bond donors (Lipinski definition) is 3. The van der Waals surface area contributed by atoms with Crippen LogP contribution in [0.2, 0.25) is 0 Å². The Bertz CT molecular complexity index is 1080. The third-order valence-corrected chi connectivity index (χ3v) is 5.10. The first-order chi connectivity index (χ1) is 14.2. The highest BCUT2D eigenvalue weighted by Crippen LogP contribution is 2.29. The van der Waals surface area contributed by atoms with Crippen molar-refractivity contribution in [3.8, 4) is 11.3 Å². The maximum Gasteiger partial charge on any atom is 0.178 e. The van der Waals surface area contributed by atoms with E-state index in [1.54, 1.807) is 0 Å². The summed E-state index contributed by atoms with van der Waals surface area (Å²) < 4.78 is 5.61. The minimum atomic E-state index is 0. The first-order valence-electron chi connectivity index (χ1n) is 10.5. The van der Waals surface area contributed by atoms with E-state index < -0.39 is 0 Å². The lowest BCUT2D eigenvalue weighted by Gasteiger charge is -2.06. The number of unbranched alkanes of at least 4 members (excludes halogenated alkanes) is 1. The summed E-state index contributed by atoms with van der Waals surface area (Å²) >= 11 is 0. The topological polar surface area (TPSA) is 78.6 Å². The molecule has 30 heavy (non-hydrogen) atoms. The van der Waals surface area contributed by atoms with Gasteiger partial charge in [-0.25, -0.2) is 9.97 Å². The lowest BCUT2D eigenvalue weighted by Crippen LogP contribution is -2.16. The maximum atomic E-state index is 5.61. The Morgan fingerprint density at radius 1 is 1.07 bits per heavy atom. The molecule has 4 rings (SSSR count). The van der Waals surface area contributed by atoms with Gasteiger partial charge in [-0.2, -0.15) is 0 Å². The minimum absolute atomic E-state index is 0. The van der Waals surface area contributed by atoms with Crippen LogP contribution in [0.25, 0.3) is 33.3 Å². The van der Waals surface area contributed by atoms with Crippen molar-refractivity contribution in [3.63, 3.8) is 0 Å². The van der Waals surface area contributed by atoms with E-state index in [4.69, 9.17) is 4.74 Å². The van der Waals surface area contributed by atoms with Gasteiger partial charge in [-0.3, -0.25) is 0 Å². The minimum Gasteiger partial charge on any atom is -0.381 e. The van der Waals surface area contributed by atoms with Crippen LogP contribution in [0, 0.1) is 6.92 Å². The van der Waals surface area contributed by atoms with Crippen LogP contribution in [0.15, 0.2) is 36.5 Å². The number of aromatic nitrogens is 4. The zero-order chi connectivity index (χ0) is 20.1. The van der Waals surface area contributed by atoms with Gasteiger partial charge in [-0.1, -0.05) is 26.8 Å². The maximum absolute atomic E-state index is 5.61. The van der Waals surface area contributed by atoms with Gasteiger partial charge in [0.1, 0.15) is 5.82 Å². The van der Waals surface area contributed by atoms with Crippen LogP contribution in [0.5, 0.6) is 0 Å². The van der Waals surface area contributed by atoms with E-state index in [1.165, 1.54) is 17.4 Å². The molecule has 3 aromatic heterocycles. The number of pyridine rings is 1. The summed E-state index contributed by atoms with van der Waals surface area (Å²) in [5.74, 6) is 0.875. The number of benzene rings is 1. The number of H-pyrrole nitrogens is 2. The average molecular weight is 408 g/mol. The summed E-state index contributed by atoms with van der Waals surface area (Å²) in [5.41, 5.74) is 6.31. The van der Waals surface area contributed by atoms with E-state index >= 15 is 0 Å². The molecule has 4 aromatic rings. The number of ether oxygens (including phenoxy) is 1. The zero-order valence-electron chi connectivity index (χ0n) is 17.2. The zero-order valence-corrected chi connectivity index (χ0v) is 17.2. The van der Waals surface area contributed by atoms with E-state index in [9.17, 15) is 0 Å². The van der Waals surface area contributed by atoms with Crippen molar-refractivity contribution in [2.45, 2.75) is 47.1 Å². The second-order valence-electron chi connectivity index (χ2n) is 7.48. The van der Waals surface area contributed by atoms with Crippen LogP contribution in [-0.2, 0) is 11.3 Å². The van der Waals surface area contributed by atoms with Gasteiger partial charge in [0.25, 0.3) is 0 Å². The molecular formula is C24H33N5O. The fourth-order valence-corrected chi connectivity index (χ4v) is 3.57. The molecule has 0 aliphatic carbocycles. The van der Waals surface area contributed by atoms with Gasteiger partial charge >= 0.3 is 0 Å². The molecule has 0 saturated heterocycles. The first kappa shape index (κ1) is 22.0. The first-order valence-corrected chi connectivity index (χ1v) is 10.5. The number of aromatic amines is 2. The molecule has 6 nitrogen and oxygen atoms in total. The molecule has 0 bridgehead atoms.